The first-order chi connectivity index (χ1) is 10.2. The Kier molecular flexibility index (Phi) is 2.61. The van der Waals surface area contributed by atoms with Crippen LogP contribution >= 0.6 is 0 Å². The lowest BCUT2D eigenvalue weighted by molar-refractivity contribution is 0.198. The highest BCUT2D eigenvalue weighted by molar-refractivity contribution is 5.95. The number of hydrogen-bond donors (Lipinski definition) is 3. The van der Waals surface area contributed by atoms with E-state index < -0.39 is 5.76 Å². The van der Waals surface area contributed by atoms with Gasteiger partial charge in [0.25, 0.3) is 0 Å². The largest absolute Gasteiger partial charge is 0.439 e. The van der Waals surface area contributed by atoms with Crippen LogP contribution in [0.5, 0.6) is 0 Å². The van der Waals surface area contributed by atoms with E-state index in [1.807, 2.05) is 18.2 Å². The molecule has 0 bridgehead atoms. The normalized spacial score (nSPS) is 18.7. The van der Waals surface area contributed by atoms with Gasteiger partial charge in [-0.25, -0.2) is 4.79 Å². The third-order valence-corrected chi connectivity index (χ3v) is 3.89. The first-order valence-electron chi connectivity index (χ1n) is 6.81. The third kappa shape index (κ3) is 2.02. The van der Waals surface area contributed by atoms with E-state index in [1.165, 1.54) is 0 Å². The zero-order valence-corrected chi connectivity index (χ0v) is 11.2. The molecule has 108 valence electrons. The van der Waals surface area contributed by atoms with Crippen molar-refractivity contribution >= 4 is 16.6 Å². The summed E-state index contributed by atoms with van der Waals surface area (Å²) < 4.78 is 4.56. The lowest BCUT2D eigenvalue weighted by Gasteiger charge is -2.17. The SMILES string of the molecule is O=c1[nH]c(-c2c[nH]c3ccc(N4CCC(O)C4)cc23)no1. The number of fused-ring (bicyclic) bond motifs is 1. The average molecular weight is 286 g/mol. The van der Waals surface area contributed by atoms with Crippen LogP contribution in [-0.2, 0) is 0 Å². The van der Waals surface area contributed by atoms with E-state index >= 15 is 0 Å². The minimum absolute atomic E-state index is 0.265. The van der Waals surface area contributed by atoms with Gasteiger partial charge in [0.15, 0.2) is 5.82 Å². The van der Waals surface area contributed by atoms with Crippen molar-refractivity contribution in [2.75, 3.05) is 18.0 Å². The van der Waals surface area contributed by atoms with Gasteiger partial charge in [-0.2, -0.15) is 0 Å². The molecule has 3 N–H and O–H groups in total. The number of benzene rings is 1. The molecule has 4 rings (SSSR count). The third-order valence-electron chi connectivity index (χ3n) is 3.89. The molecule has 0 saturated carbocycles. The lowest BCUT2D eigenvalue weighted by Crippen LogP contribution is -2.20. The summed E-state index contributed by atoms with van der Waals surface area (Å²) in [4.78, 5) is 19.0. The highest BCUT2D eigenvalue weighted by Gasteiger charge is 2.21. The van der Waals surface area contributed by atoms with Crippen LogP contribution in [0.2, 0.25) is 0 Å². The van der Waals surface area contributed by atoms with Crippen molar-refractivity contribution < 1.29 is 9.63 Å². The van der Waals surface area contributed by atoms with Crippen molar-refractivity contribution in [3.8, 4) is 11.4 Å². The van der Waals surface area contributed by atoms with Crippen molar-refractivity contribution in [3.63, 3.8) is 0 Å². The van der Waals surface area contributed by atoms with Gasteiger partial charge >= 0.3 is 5.76 Å². The summed E-state index contributed by atoms with van der Waals surface area (Å²) in [5.74, 6) is -0.164. The maximum Gasteiger partial charge on any atom is 0.439 e. The summed E-state index contributed by atoms with van der Waals surface area (Å²) in [6, 6.07) is 6.04. The van der Waals surface area contributed by atoms with Gasteiger partial charge in [0.2, 0.25) is 0 Å². The van der Waals surface area contributed by atoms with E-state index in [0.717, 1.165) is 35.1 Å². The Hall–Kier alpha value is -2.54. The number of rotatable bonds is 2. The standard InChI is InChI=1S/C14H14N4O3/c19-9-3-4-18(7-9)8-1-2-12-10(5-8)11(6-15-12)13-16-14(20)21-17-13/h1-2,5-6,9,15,19H,3-4,7H2,(H,16,17,20). The molecular formula is C14H14N4O3. The molecule has 2 aromatic heterocycles. The van der Waals surface area contributed by atoms with Gasteiger partial charge in [0.1, 0.15) is 0 Å². The fourth-order valence-corrected chi connectivity index (χ4v) is 2.82. The van der Waals surface area contributed by atoms with E-state index in [-0.39, 0.29) is 6.10 Å². The number of β-amino-alcohol motifs (C(OH)–C–C–N with tert-alkyl or cyclic N) is 1. The molecule has 1 fully saturated rings. The molecule has 0 radical (unpaired) electrons. The number of aromatic nitrogens is 3. The molecule has 1 saturated heterocycles. The predicted octanol–water partition coefficient (Wildman–Crippen LogP) is 1.08. The summed E-state index contributed by atoms with van der Waals surface area (Å²) in [5, 5.41) is 14.3. The van der Waals surface area contributed by atoms with E-state index in [1.54, 1.807) is 6.20 Å². The molecule has 21 heavy (non-hydrogen) atoms. The van der Waals surface area contributed by atoms with Crippen LogP contribution in [0.15, 0.2) is 33.7 Å². The van der Waals surface area contributed by atoms with Gasteiger partial charge in [-0.15, -0.1) is 0 Å². The van der Waals surface area contributed by atoms with Crippen molar-refractivity contribution in [2.24, 2.45) is 0 Å². The zero-order chi connectivity index (χ0) is 14.4. The van der Waals surface area contributed by atoms with Crippen LogP contribution in [0.1, 0.15) is 6.42 Å². The topological polar surface area (TPSA) is 98.2 Å². The summed E-state index contributed by atoms with van der Waals surface area (Å²) in [6.07, 6.45) is 2.31. The molecule has 3 aromatic rings. The van der Waals surface area contributed by atoms with Gasteiger partial charge in [-0.1, -0.05) is 5.16 Å². The number of anilines is 1. The second-order valence-corrected chi connectivity index (χ2v) is 5.26. The Bertz CT molecular complexity index is 847. The summed E-state index contributed by atoms with van der Waals surface area (Å²) in [7, 11) is 0. The van der Waals surface area contributed by atoms with Crippen LogP contribution in [0.25, 0.3) is 22.3 Å². The van der Waals surface area contributed by atoms with Crippen LogP contribution in [0.3, 0.4) is 0 Å². The Balaban J connectivity index is 1.81. The number of aliphatic hydroxyl groups excluding tert-OH is 1. The number of H-pyrrole nitrogens is 2. The first-order valence-corrected chi connectivity index (χ1v) is 6.81. The van der Waals surface area contributed by atoms with Crippen LogP contribution in [-0.4, -0.2) is 39.4 Å². The maximum atomic E-state index is 11.1. The number of nitrogens with zero attached hydrogens (tertiary/aromatic N) is 2. The minimum atomic E-state index is -0.571. The van der Waals surface area contributed by atoms with Crippen LogP contribution < -0.4 is 10.7 Å². The molecule has 1 aromatic carbocycles. The molecule has 0 amide bonds. The van der Waals surface area contributed by atoms with E-state index in [2.05, 4.69) is 24.5 Å². The van der Waals surface area contributed by atoms with Gasteiger partial charge in [0, 0.05) is 41.4 Å². The Morgan fingerprint density at radius 2 is 2.33 bits per heavy atom. The quantitative estimate of drug-likeness (QED) is 0.655. The molecule has 7 nitrogen and oxygen atoms in total. The Labute approximate surface area is 119 Å². The second kappa shape index (κ2) is 4.49. The van der Waals surface area contributed by atoms with Crippen LogP contribution in [0, 0.1) is 0 Å². The number of aromatic amines is 2. The Morgan fingerprint density at radius 1 is 1.43 bits per heavy atom. The average Bonchev–Trinajstić information content (AvgIpc) is 3.17. The second-order valence-electron chi connectivity index (χ2n) is 5.26. The van der Waals surface area contributed by atoms with Crippen molar-refractivity contribution in [3.05, 3.63) is 34.9 Å². The minimum Gasteiger partial charge on any atom is -0.391 e. The Morgan fingerprint density at radius 3 is 3.05 bits per heavy atom. The van der Waals surface area contributed by atoms with Crippen LogP contribution in [0.4, 0.5) is 5.69 Å². The van der Waals surface area contributed by atoms with E-state index in [0.29, 0.717) is 12.4 Å². The van der Waals surface area contributed by atoms with Crippen molar-refractivity contribution in [1.82, 2.24) is 15.1 Å². The van der Waals surface area contributed by atoms with Gasteiger partial charge in [-0.05, 0) is 24.6 Å². The molecule has 0 spiro atoms. The molecule has 7 heteroatoms. The summed E-state index contributed by atoms with van der Waals surface area (Å²) in [6.45, 7) is 1.49. The first kappa shape index (κ1) is 12.2. The summed E-state index contributed by atoms with van der Waals surface area (Å²) >= 11 is 0. The lowest BCUT2D eigenvalue weighted by atomic mass is 10.1. The number of nitrogens with one attached hydrogen (secondary N) is 2. The molecule has 1 aliphatic heterocycles. The smallest absolute Gasteiger partial charge is 0.391 e. The van der Waals surface area contributed by atoms with E-state index in [9.17, 15) is 9.90 Å². The molecule has 0 aliphatic carbocycles. The molecule has 1 atom stereocenters. The monoisotopic (exact) mass is 286 g/mol. The zero-order valence-electron chi connectivity index (χ0n) is 11.2. The van der Waals surface area contributed by atoms with Crippen molar-refractivity contribution in [2.45, 2.75) is 12.5 Å². The van der Waals surface area contributed by atoms with Crippen molar-refractivity contribution in [1.29, 1.82) is 0 Å². The van der Waals surface area contributed by atoms with Gasteiger partial charge in [-0.3, -0.25) is 9.51 Å². The molecule has 1 aliphatic rings. The predicted molar refractivity (Wildman–Crippen MR) is 77.3 cm³/mol. The molecular weight excluding hydrogens is 272 g/mol. The molecule has 1 unspecified atom stereocenters. The summed E-state index contributed by atoms with van der Waals surface area (Å²) in [5.41, 5.74) is 2.79. The van der Waals surface area contributed by atoms with E-state index in [4.69, 9.17) is 0 Å². The fourth-order valence-electron chi connectivity index (χ4n) is 2.82. The number of aliphatic hydroxyl groups is 1. The fraction of sp³-hybridized carbons (Fsp3) is 0.286. The molecule has 3 heterocycles. The highest BCUT2D eigenvalue weighted by atomic mass is 16.5. The van der Waals surface area contributed by atoms with Gasteiger partial charge in [0.05, 0.1) is 6.10 Å². The maximum absolute atomic E-state index is 11.1. The number of hydrogen-bond acceptors (Lipinski definition) is 5. The highest BCUT2D eigenvalue weighted by Crippen LogP contribution is 2.30. The van der Waals surface area contributed by atoms with Gasteiger partial charge < -0.3 is 15.0 Å².